The van der Waals surface area contributed by atoms with Gasteiger partial charge in [0.05, 0.1) is 4.90 Å². The van der Waals surface area contributed by atoms with Crippen LogP contribution in [-0.4, -0.2) is 30.2 Å². The fraction of sp³-hybridized carbons (Fsp3) is 0.100. The summed E-state index contributed by atoms with van der Waals surface area (Å²) in [5, 5.41) is 2.04. The zero-order chi connectivity index (χ0) is 20.6. The molecule has 0 saturated heterocycles. The van der Waals surface area contributed by atoms with Crippen LogP contribution in [0.3, 0.4) is 0 Å². The number of H-pyrrole nitrogens is 1. The van der Waals surface area contributed by atoms with Crippen LogP contribution in [0.25, 0.3) is 11.4 Å². The largest absolute Gasteiger partial charge is 0.454 e. The van der Waals surface area contributed by atoms with Crippen molar-refractivity contribution in [2.75, 3.05) is 11.5 Å². The van der Waals surface area contributed by atoms with E-state index in [1.54, 1.807) is 42.0 Å². The smallest absolute Gasteiger partial charge is 0.263 e. The molecule has 0 aliphatic carbocycles. The molecule has 1 aliphatic rings. The molecule has 0 amide bonds. The molecule has 2 aromatic heterocycles. The SMILES string of the molecule is O=S(=O)(Nc1nccs1)c1ccc(-c2ncc(Cc3ccc4c(c3)OCO4)[nH]2)cc1. The first-order valence-electron chi connectivity index (χ1n) is 9.02. The summed E-state index contributed by atoms with van der Waals surface area (Å²) in [5.74, 6) is 2.17. The fourth-order valence-electron chi connectivity index (χ4n) is 3.11. The number of nitrogens with zero attached hydrogens (tertiary/aromatic N) is 2. The van der Waals surface area contributed by atoms with Crippen LogP contribution in [0.5, 0.6) is 11.5 Å². The molecule has 0 saturated carbocycles. The lowest BCUT2D eigenvalue weighted by Gasteiger charge is -2.06. The Morgan fingerprint density at radius 1 is 1.07 bits per heavy atom. The molecule has 0 radical (unpaired) electrons. The zero-order valence-corrected chi connectivity index (χ0v) is 17.2. The van der Waals surface area contributed by atoms with Crippen molar-refractivity contribution in [2.24, 2.45) is 0 Å². The number of fused-ring (bicyclic) bond motifs is 1. The normalized spacial score (nSPS) is 12.8. The van der Waals surface area contributed by atoms with Crippen molar-refractivity contribution in [1.29, 1.82) is 0 Å². The Kier molecular flexibility index (Phi) is 4.64. The van der Waals surface area contributed by atoms with Crippen LogP contribution in [0.15, 0.2) is 65.1 Å². The number of sulfonamides is 1. The number of rotatable bonds is 6. The Morgan fingerprint density at radius 2 is 1.90 bits per heavy atom. The van der Waals surface area contributed by atoms with Gasteiger partial charge in [-0.2, -0.15) is 0 Å². The summed E-state index contributed by atoms with van der Waals surface area (Å²) >= 11 is 1.22. The van der Waals surface area contributed by atoms with Crippen molar-refractivity contribution in [1.82, 2.24) is 15.0 Å². The zero-order valence-electron chi connectivity index (χ0n) is 15.5. The Balaban J connectivity index is 1.31. The number of hydrogen-bond donors (Lipinski definition) is 2. The van der Waals surface area contributed by atoms with Crippen molar-refractivity contribution >= 4 is 26.5 Å². The molecule has 8 nitrogen and oxygen atoms in total. The van der Waals surface area contributed by atoms with Gasteiger partial charge in [-0.1, -0.05) is 6.07 Å². The average molecular weight is 441 g/mol. The van der Waals surface area contributed by atoms with Gasteiger partial charge in [-0.05, 0) is 42.0 Å². The first-order chi connectivity index (χ1) is 14.6. The molecular weight excluding hydrogens is 424 g/mol. The number of hydrogen-bond acceptors (Lipinski definition) is 7. The maximum Gasteiger partial charge on any atom is 0.263 e. The Bertz CT molecular complexity index is 1280. The van der Waals surface area contributed by atoms with Crippen molar-refractivity contribution in [3.05, 3.63) is 71.5 Å². The van der Waals surface area contributed by atoms with Gasteiger partial charge in [0.2, 0.25) is 6.79 Å². The van der Waals surface area contributed by atoms with E-state index in [-0.39, 0.29) is 11.7 Å². The summed E-state index contributed by atoms with van der Waals surface area (Å²) < 4.78 is 38.1. The second kappa shape index (κ2) is 7.47. The highest BCUT2D eigenvalue weighted by atomic mass is 32.2. The van der Waals surface area contributed by atoms with Gasteiger partial charge in [-0.25, -0.2) is 18.4 Å². The van der Waals surface area contributed by atoms with Crippen LogP contribution in [0.2, 0.25) is 0 Å². The molecule has 152 valence electrons. The minimum atomic E-state index is -3.68. The van der Waals surface area contributed by atoms with E-state index in [9.17, 15) is 8.42 Å². The van der Waals surface area contributed by atoms with Gasteiger partial charge >= 0.3 is 0 Å². The topological polar surface area (TPSA) is 106 Å². The van der Waals surface area contributed by atoms with E-state index in [4.69, 9.17) is 9.47 Å². The molecule has 0 fully saturated rings. The van der Waals surface area contributed by atoms with Crippen LogP contribution in [-0.2, 0) is 16.4 Å². The van der Waals surface area contributed by atoms with E-state index >= 15 is 0 Å². The number of anilines is 1. The van der Waals surface area contributed by atoms with Crippen molar-refractivity contribution in [2.45, 2.75) is 11.3 Å². The van der Waals surface area contributed by atoms with Crippen LogP contribution >= 0.6 is 11.3 Å². The van der Waals surface area contributed by atoms with Crippen LogP contribution in [0.4, 0.5) is 5.13 Å². The summed E-state index contributed by atoms with van der Waals surface area (Å²) in [7, 11) is -3.68. The van der Waals surface area contributed by atoms with Gasteiger partial charge in [0, 0.05) is 35.5 Å². The summed E-state index contributed by atoms with van der Waals surface area (Å²) in [6.07, 6.45) is 3.98. The minimum Gasteiger partial charge on any atom is -0.454 e. The van der Waals surface area contributed by atoms with Gasteiger partial charge in [-0.3, -0.25) is 4.72 Å². The first kappa shape index (κ1) is 18.6. The van der Waals surface area contributed by atoms with E-state index in [0.29, 0.717) is 17.4 Å². The number of thiazole rings is 1. The summed E-state index contributed by atoms with van der Waals surface area (Å²) in [4.78, 5) is 11.8. The van der Waals surface area contributed by atoms with Crippen LogP contribution in [0.1, 0.15) is 11.3 Å². The molecule has 10 heteroatoms. The van der Waals surface area contributed by atoms with E-state index in [1.165, 1.54) is 11.3 Å². The Labute approximate surface area is 176 Å². The molecule has 0 bridgehead atoms. The quantitative estimate of drug-likeness (QED) is 0.474. The molecule has 1 aliphatic heterocycles. The van der Waals surface area contributed by atoms with Gasteiger partial charge in [0.25, 0.3) is 10.0 Å². The monoisotopic (exact) mass is 440 g/mol. The van der Waals surface area contributed by atoms with Gasteiger partial charge < -0.3 is 14.5 Å². The maximum atomic E-state index is 12.4. The van der Waals surface area contributed by atoms with Gasteiger partial charge in [-0.15, -0.1) is 11.3 Å². The Morgan fingerprint density at radius 3 is 2.70 bits per heavy atom. The second-order valence-electron chi connectivity index (χ2n) is 6.59. The third-order valence-electron chi connectivity index (χ3n) is 4.55. The number of imidazole rings is 1. The number of aromatic nitrogens is 3. The van der Waals surface area contributed by atoms with Crippen LogP contribution in [0, 0.1) is 0 Å². The molecule has 0 unspecified atom stereocenters. The van der Waals surface area contributed by atoms with E-state index in [0.717, 1.165) is 28.3 Å². The lowest BCUT2D eigenvalue weighted by Crippen LogP contribution is -2.12. The number of aromatic amines is 1. The van der Waals surface area contributed by atoms with Crippen molar-refractivity contribution in [3.8, 4) is 22.9 Å². The van der Waals surface area contributed by atoms with Gasteiger partial charge in [0.15, 0.2) is 16.6 Å². The van der Waals surface area contributed by atoms with Gasteiger partial charge in [0.1, 0.15) is 5.82 Å². The van der Waals surface area contributed by atoms with E-state index in [1.807, 2.05) is 18.2 Å². The van der Waals surface area contributed by atoms with E-state index < -0.39 is 10.0 Å². The molecule has 2 N–H and O–H groups in total. The Hall–Kier alpha value is -3.37. The molecule has 0 spiro atoms. The first-order valence-corrected chi connectivity index (χ1v) is 11.4. The summed E-state index contributed by atoms with van der Waals surface area (Å²) in [6.45, 7) is 0.248. The molecule has 4 aromatic rings. The van der Waals surface area contributed by atoms with Crippen LogP contribution < -0.4 is 14.2 Å². The lowest BCUT2D eigenvalue weighted by molar-refractivity contribution is 0.174. The third-order valence-corrected chi connectivity index (χ3v) is 6.72. The molecule has 3 heterocycles. The standard InChI is InChI=1S/C20H16N4O4S2/c25-30(26,24-20-21-7-8-29-20)16-4-2-14(3-5-16)19-22-11-15(23-19)9-13-1-6-17-18(10-13)28-12-27-17/h1-8,10-11H,9,12H2,(H,21,24)(H,22,23). The molecule has 2 aromatic carbocycles. The second-order valence-corrected chi connectivity index (χ2v) is 9.17. The predicted molar refractivity (Wildman–Crippen MR) is 112 cm³/mol. The number of ether oxygens (including phenoxy) is 2. The summed E-state index contributed by atoms with van der Waals surface area (Å²) in [6, 6.07) is 12.4. The summed E-state index contributed by atoms with van der Waals surface area (Å²) in [5.41, 5.74) is 2.80. The van der Waals surface area contributed by atoms with E-state index in [2.05, 4.69) is 19.7 Å². The molecule has 5 rings (SSSR count). The van der Waals surface area contributed by atoms with Crippen molar-refractivity contribution in [3.63, 3.8) is 0 Å². The molecule has 30 heavy (non-hydrogen) atoms. The highest BCUT2D eigenvalue weighted by molar-refractivity contribution is 7.93. The maximum absolute atomic E-state index is 12.4. The third kappa shape index (κ3) is 3.74. The highest BCUT2D eigenvalue weighted by Gasteiger charge is 2.16. The number of nitrogens with one attached hydrogen (secondary N) is 2. The molecule has 0 atom stereocenters. The average Bonchev–Trinajstić information content (AvgIpc) is 3.49. The highest BCUT2D eigenvalue weighted by Crippen LogP contribution is 2.33. The lowest BCUT2D eigenvalue weighted by atomic mass is 10.1. The number of benzene rings is 2. The fourth-order valence-corrected chi connectivity index (χ4v) is 4.89. The predicted octanol–water partition coefficient (Wildman–Crippen LogP) is 3.65. The molecular formula is C20H16N4O4S2. The van der Waals surface area contributed by atoms with Crippen molar-refractivity contribution < 1.29 is 17.9 Å². The minimum absolute atomic E-state index is 0.161.